The summed E-state index contributed by atoms with van der Waals surface area (Å²) in [6.45, 7) is 0.989. The molecular weight excluding hydrogens is 368 g/mol. The zero-order valence-electron chi connectivity index (χ0n) is 16.3. The van der Waals surface area contributed by atoms with Crippen LogP contribution in [-0.2, 0) is 0 Å². The van der Waals surface area contributed by atoms with Crippen molar-refractivity contribution < 1.29 is 4.79 Å². The SMILES string of the molecule is N=Cc1c(NC2CCCCC2)nc(C2CN(C(=O)Nc3ccccc3)C2)[nH]c1=O. The van der Waals surface area contributed by atoms with Crippen LogP contribution < -0.4 is 16.2 Å². The number of aromatic amines is 1. The molecule has 0 unspecified atom stereocenters. The van der Waals surface area contributed by atoms with E-state index >= 15 is 0 Å². The van der Waals surface area contributed by atoms with Gasteiger partial charge in [0.25, 0.3) is 5.56 Å². The number of amides is 2. The van der Waals surface area contributed by atoms with E-state index in [-0.39, 0.29) is 23.1 Å². The minimum atomic E-state index is -0.310. The van der Waals surface area contributed by atoms with E-state index in [1.807, 2.05) is 30.3 Å². The minimum absolute atomic E-state index is 0.0177. The molecule has 0 bridgehead atoms. The highest BCUT2D eigenvalue weighted by molar-refractivity contribution is 5.90. The summed E-state index contributed by atoms with van der Waals surface area (Å²) < 4.78 is 0. The third-order valence-corrected chi connectivity index (χ3v) is 5.64. The number of benzene rings is 1. The van der Waals surface area contributed by atoms with Gasteiger partial charge in [-0.2, -0.15) is 0 Å². The lowest BCUT2D eigenvalue weighted by molar-refractivity contribution is 0.160. The van der Waals surface area contributed by atoms with Crippen LogP contribution in [0.2, 0.25) is 0 Å². The lowest BCUT2D eigenvalue weighted by Gasteiger charge is -2.38. The molecule has 4 rings (SSSR count). The molecule has 2 amide bonds. The number of rotatable bonds is 5. The molecule has 1 saturated carbocycles. The number of carbonyl (C=O) groups excluding carboxylic acids is 1. The first-order chi connectivity index (χ1) is 14.1. The van der Waals surface area contributed by atoms with Crippen molar-refractivity contribution in [3.8, 4) is 0 Å². The number of anilines is 2. The Morgan fingerprint density at radius 3 is 2.59 bits per heavy atom. The Kier molecular flexibility index (Phi) is 5.59. The highest BCUT2D eigenvalue weighted by Crippen LogP contribution is 2.27. The Labute approximate surface area is 169 Å². The summed E-state index contributed by atoms with van der Waals surface area (Å²) in [5.74, 6) is 1.04. The second-order valence-electron chi connectivity index (χ2n) is 7.74. The molecule has 1 aliphatic heterocycles. The topological polar surface area (TPSA) is 114 Å². The van der Waals surface area contributed by atoms with E-state index in [4.69, 9.17) is 5.41 Å². The van der Waals surface area contributed by atoms with Crippen LogP contribution >= 0.6 is 0 Å². The van der Waals surface area contributed by atoms with Gasteiger partial charge in [-0.15, -0.1) is 0 Å². The van der Waals surface area contributed by atoms with Crippen molar-refractivity contribution in [3.63, 3.8) is 0 Å². The van der Waals surface area contributed by atoms with Crippen LogP contribution in [0.4, 0.5) is 16.3 Å². The smallest absolute Gasteiger partial charge is 0.321 e. The number of hydrogen-bond donors (Lipinski definition) is 4. The highest BCUT2D eigenvalue weighted by Gasteiger charge is 2.34. The van der Waals surface area contributed by atoms with Crippen LogP contribution in [0, 0.1) is 5.41 Å². The zero-order chi connectivity index (χ0) is 20.2. The van der Waals surface area contributed by atoms with Gasteiger partial charge in [0.15, 0.2) is 0 Å². The number of urea groups is 1. The Balaban J connectivity index is 1.43. The van der Waals surface area contributed by atoms with Gasteiger partial charge in [-0.25, -0.2) is 9.78 Å². The molecule has 1 aromatic heterocycles. The fourth-order valence-electron chi connectivity index (χ4n) is 3.92. The monoisotopic (exact) mass is 394 g/mol. The van der Waals surface area contributed by atoms with Gasteiger partial charge < -0.3 is 25.9 Å². The summed E-state index contributed by atoms with van der Waals surface area (Å²) in [4.78, 5) is 33.9. The average Bonchev–Trinajstić information content (AvgIpc) is 2.68. The molecule has 2 aromatic rings. The van der Waals surface area contributed by atoms with Crippen LogP contribution in [0.3, 0.4) is 0 Å². The van der Waals surface area contributed by atoms with Gasteiger partial charge in [0, 0.05) is 31.0 Å². The van der Waals surface area contributed by atoms with E-state index in [0.29, 0.717) is 30.8 Å². The molecule has 0 radical (unpaired) electrons. The fraction of sp³-hybridized carbons (Fsp3) is 0.429. The van der Waals surface area contributed by atoms with Gasteiger partial charge >= 0.3 is 6.03 Å². The predicted octanol–water partition coefficient (Wildman–Crippen LogP) is 3.14. The number of hydrogen-bond acceptors (Lipinski definition) is 5. The van der Waals surface area contributed by atoms with Crippen molar-refractivity contribution in [1.29, 1.82) is 5.41 Å². The molecule has 2 heterocycles. The van der Waals surface area contributed by atoms with Crippen molar-refractivity contribution in [3.05, 3.63) is 52.1 Å². The van der Waals surface area contributed by atoms with Crippen LogP contribution in [0.1, 0.15) is 49.4 Å². The van der Waals surface area contributed by atoms with E-state index in [0.717, 1.165) is 24.7 Å². The first kappa shape index (κ1) is 19.2. The second kappa shape index (κ2) is 8.46. The molecule has 1 aliphatic carbocycles. The number of nitrogens with zero attached hydrogens (tertiary/aromatic N) is 2. The van der Waals surface area contributed by atoms with Crippen LogP contribution in [0.5, 0.6) is 0 Å². The Morgan fingerprint density at radius 1 is 1.17 bits per heavy atom. The van der Waals surface area contributed by atoms with Gasteiger partial charge in [-0.1, -0.05) is 37.5 Å². The molecule has 4 N–H and O–H groups in total. The Bertz CT molecular complexity index is 930. The summed E-state index contributed by atoms with van der Waals surface area (Å²) in [5, 5.41) is 13.8. The molecule has 2 fully saturated rings. The third-order valence-electron chi connectivity index (χ3n) is 5.64. The highest BCUT2D eigenvalue weighted by atomic mass is 16.2. The van der Waals surface area contributed by atoms with Crippen LogP contribution in [0.25, 0.3) is 0 Å². The number of H-pyrrole nitrogens is 1. The number of aromatic nitrogens is 2. The van der Waals surface area contributed by atoms with E-state index in [9.17, 15) is 9.59 Å². The van der Waals surface area contributed by atoms with E-state index in [1.165, 1.54) is 19.3 Å². The summed E-state index contributed by atoms with van der Waals surface area (Å²) >= 11 is 0. The Hall–Kier alpha value is -3.16. The van der Waals surface area contributed by atoms with Gasteiger partial charge in [-0.05, 0) is 25.0 Å². The summed E-state index contributed by atoms with van der Waals surface area (Å²) in [5.41, 5.74) is 0.703. The largest absolute Gasteiger partial charge is 0.367 e. The Morgan fingerprint density at radius 2 is 1.90 bits per heavy atom. The van der Waals surface area contributed by atoms with Gasteiger partial charge in [0.05, 0.1) is 11.5 Å². The number of likely N-dealkylation sites (tertiary alicyclic amines) is 1. The average molecular weight is 394 g/mol. The zero-order valence-corrected chi connectivity index (χ0v) is 16.3. The van der Waals surface area contributed by atoms with E-state index in [1.54, 1.807) is 4.90 Å². The fourth-order valence-corrected chi connectivity index (χ4v) is 3.92. The van der Waals surface area contributed by atoms with Crippen LogP contribution in [-0.4, -0.2) is 46.2 Å². The maximum atomic E-state index is 12.5. The molecule has 152 valence electrons. The maximum absolute atomic E-state index is 12.5. The van der Waals surface area contributed by atoms with Crippen molar-refractivity contribution in [2.24, 2.45) is 0 Å². The number of nitrogens with one attached hydrogen (secondary N) is 4. The first-order valence-electron chi connectivity index (χ1n) is 10.2. The maximum Gasteiger partial charge on any atom is 0.321 e. The molecule has 29 heavy (non-hydrogen) atoms. The molecule has 0 atom stereocenters. The summed E-state index contributed by atoms with van der Waals surface area (Å²) in [6, 6.07) is 9.45. The van der Waals surface area contributed by atoms with E-state index in [2.05, 4.69) is 20.6 Å². The van der Waals surface area contributed by atoms with Gasteiger partial charge in [0.2, 0.25) is 0 Å². The lowest BCUT2D eigenvalue weighted by atomic mass is 9.95. The van der Waals surface area contributed by atoms with E-state index < -0.39 is 0 Å². The van der Waals surface area contributed by atoms with Gasteiger partial charge in [0.1, 0.15) is 11.6 Å². The predicted molar refractivity (Wildman–Crippen MR) is 113 cm³/mol. The molecule has 1 aromatic carbocycles. The lowest BCUT2D eigenvalue weighted by Crippen LogP contribution is -2.51. The minimum Gasteiger partial charge on any atom is -0.367 e. The molecule has 8 nitrogen and oxygen atoms in total. The van der Waals surface area contributed by atoms with Gasteiger partial charge in [-0.3, -0.25) is 4.79 Å². The summed E-state index contributed by atoms with van der Waals surface area (Å²) in [6.07, 6.45) is 6.74. The third kappa shape index (κ3) is 4.31. The standard InChI is InChI=1S/C21H26N6O2/c22-11-17-19(23-15-7-3-1-4-8-15)25-18(26-20(17)28)14-12-27(13-14)21(29)24-16-9-5-2-6-10-16/h2,5-6,9-11,14-15,22H,1,3-4,7-8,12-13H2,(H,24,29)(H2,23,25,26,28). The van der Waals surface area contributed by atoms with Crippen molar-refractivity contribution in [2.75, 3.05) is 23.7 Å². The number of carbonyl (C=O) groups is 1. The molecular formula is C21H26N6O2. The first-order valence-corrected chi connectivity index (χ1v) is 10.2. The quantitative estimate of drug-likeness (QED) is 0.583. The molecule has 1 saturated heterocycles. The van der Waals surface area contributed by atoms with Crippen molar-refractivity contribution in [2.45, 2.75) is 44.1 Å². The summed E-state index contributed by atoms with van der Waals surface area (Å²) in [7, 11) is 0. The van der Waals surface area contributed by atoms with Crippen molar-refractivity contribution in [1.82, 2.24) is 14.9 Å². The normalized spacial score (nSPS) is 17.4. The molecule has 8 heteroatoms. The van der Waals surface area contributed by atoms with Crippen LogP contribution in [0.15, 0.2) is 35.1 Å². The molecule has 2 aliphatic rings. The number of para-hydroxylation sites is 1. The van der Waals surface area contributed by atoms with Crippen molar-refractivity contribution >= 4 is 23.8 Å². The second-order valence-corrected chi connectivity index (χ2v) is 7.74. The molecule has 0 spiro atoms.